The first-order valence-corrected chi connectivity index (χ1v) is 6.51. The van der Waals surface area contributed by atoms with Crippen molar-refractivity contribution in [3.05, 3.63) is 39.4 Å². The fourth-order valence-corrected chi connectivity index (χ4v) is 2.15. The number of halogens is 2. The van der Waals surface area contributed by atoms with Crippen molar-refractivity contribution in [1.82, 2.24) is 4.90 Å². The second kappa shape index (κ2) is 5.66. The number of imide groups is 1. The predicted octanol–water partition coefficient (Wildman–Crippen LogP) is 1.09. The lowest BCUT2D eigenvalue weighted by Crippen LogP contribution is -2.34. The molecule has 0 radical (unpaired) electrons. The zero-order valence-corrected chi connectivity index (χ0v) is 11.8. The van der Waals surface area contributed by atoms with Gasteiger partial charge >= 0.3 is 0 Å². The largest absolute Gasteiger partial charge is 0.395 e. The Morgan fingerprint density at radius 2 is 2.11 bits per heavy atom. The molecule has 0 spiro atoms. The fourth-order valence-electron chi connectivity index (χ4n) is 1.64. The standard InChI is InChI=1S/C12H10FIN2O3/c13-8-2-1-7(5-9(8)14)15-10-6-11(18)16(3-4-17)12(10)19/h1-2,5-6,15,17H,3-4H2. The van der Waals surface area contributed by atoms with Crippen molar-refractivity contribution >= 4 is 40.1 Å². The second-order valence-corrected chi connectivity index (χ2v) is 4.99. The van der Waals surface area contributed by atoms with Crippen LogP contribution in [0.5, 0.6) is 0 Å². The molecule has 1 aliphatic rings. The third kappa shape index (κ3) is 2.92. The van der Waals surface area contributed by atoms with E-state index in [1.54, 1.807) is 0 Å². The topological polar surface area (TPSA) is 69.6 Å². The van der Waals surface area contributed by atoms with Crippen LogP contribution in [-0.4, -0.2) is 35.0 Å². The summed E-state index contributed by atoms with van der Waals surface area (Å²) in [6, 6.07) is 4.28. The Balaban J connectivity index is 2.16. The van der Waals surface area contributed by atoms with E-state index >= 15 is 0 Å². The number of anilines is 1. The fraction of sp³-hybridized carbons (Fsp3) is 0.167. The van der Waals surface area contributed by atoms with Gasteiger partial charge in [-0.1, -0.05) is 0 Å². The zero-order chi connectivity index (χ0) is 14.0. The molecule has 1 aliphatic heterocycles. The summed E-state index contributed by atoms with van der Waals surface area (Å²) in [7, 11) is 0. The summed E-state index contributed by atoms with van der Waals surface area (Å²) in [5, 5.41) is 11.5. The van der Waals surface area contributed by atoms with E-state index in [0.717, 1.165) is 11.0 Å². The van der Waals surface area contributed by atoms with Crippen molar-refractivity contribution in [2.24, 2.45) is 0 Å². The summed E-state index contributed by atoms with van der Waals surface area (Å²) in [6.45, 7) is -0.326. The average Bonchev–Trinajstić information content (AvgIpc) is 2.62. The minimum atomic E-state index is -0.501. The van der Waals surface area contributed by atoms with Gasteiger partial charge in [-0.05, 0) is 40.8 Å². The molecular weight excluding hydrogens is 366 g/mol. The van der Waals surface area contributed by atoms with Crippen LogP contribution in [0.25, 0.3) is 0 Å². The van der Waals surface area contributed by atoms with Gasteiger partial charge in [0.05, 0.1) is 16.7 Å². The number of carbonyl (C=O) groups excluding carboxylic acids is 2. The van der Waals surface area contributed by atoms with E-state index in [0.29, 0.717) is 9.26 Å². The van der Waals surface area contributed by atoms with Crippen LogP contribution in [0.3, 0.4) is 0 Å². The molecule has 0 saturated carbocycles. The Bertz CT molecular complexity index is 574. The van der Waals surface area contributed by atoms with Crippen LogP contribution in [0.15, 0.2) is 30.0 Å². The number of hydrogen-bond donors (Lipinski definition) is 2. The van der Waals surface area contributed by atoms with Crippen LogP contribution in [0.1, 0.15) is 0 Å². The van der Waals surface area contributed by atoms with Gasteiger partial charge in [0, 0.05) is 11.8 Å². The zero-order valence-electron chi connectivity index (χ0n) is 9.69. The molecular formula is C12H10FIN2O3. The van der Waals surface area contributed by atoms with Crippen molar-refractivity contribution in [2.75, 3.05) is 18.5 Å². The molecule has 0 fully saturated rings. The van der Waals surface area contributed by atoms with Crippen molar-refractivity contribution in [3.8, 4) is 0 Å². The third-order valence-electron chi connectivity index (χ3n) is 2.53. The number of benzene rings is 1. The molecule has 0 atom stereocenters. The Hall–Kier alpha value is -1.48. The molecule has 7 heteroatoms. The van der Waals surface area contributed by atoms with Crippen LogP contribution in [-0.2, 0) is 9.59 Å². The predicted molar refractivity (Wildman–Crippen MR) is 74.6 cm³/mol. The molecule has 2 rings (SSSR count). The summed E-state index contributed by atoms with van der Waals surface area (Å²) in [4.78, 5) is 24.3. The molecule has 19 heavy (non-hydrogen) atoms. The lowest BCUT2D eigenvalue weighted by atomic mass is 10.3. The van der Waals surface area contributed by atoms with Gasteiger partial charge in [0.2, 0.25) is 0 Å². The number of nitrogens with one attached hydrogen (secondary N) is 1. The molecule has 2 amide bonds. The van der Waals surface area contributed by atoms with E-state index in [1.165, 1.54) is 18.2 Å². The van der Waals surface area contributed by atoms with Gasteiger partial charge in [-0.3, -0.25) is 14.5 Å². The van der Waals surface area contributed by atoms with E-state index in [9.17, 15) is 14.0 Å². The number of rotatable bonds is 4. The molecule has 5 nitrogen and oxygen atoms in total. The van der Waals surface area contributed by atoms with Gasteiger partial charge in [-0.25, -0.2) is 4.39 Å². The molecule has 0 bridgehead atoms. The van der Waals surface area contributed by atoms with Gasteiger partial charge in [-0.15, -0.1) is 0 Å². The molecule has 100 valence electrons. The van der Waals surface area contributed by atoms with E-state index in [2.05, 4.69) is 5.32 Å². The maximum absolute atomic E-state index is 13.1. The number of aliphatic hydroxyl groups excluding tert-OH is 1. The molecule has 0 aliphatic carbocycles. The van der Waals surface area contributed by atoms with E-state index in [4.69, 9.17) is 5.11 Å². The maximum Gasteiger partial charge on any atom is 0.277 e. The smallest absolute Gasteiger partial charge is 0.277 e. The molecule has 0 unspecified atom stereocenters. The van der Waals surface area contributed by atoms with Crippen molar-refractivity contribution in [3.63, 3.8) is 0 Å². The van der Waals surface area contributed by atoms with Gasteiger partial charge in [0.15, 0.2) is 0 Å². The van der Waals surface area contributed by atoms with Gasteiger partial charge in [0.25, 0.3) is 11.8 Å². The molecule has 1 aromatic carbocycles. The average molecular weight is 376 g/mol. The highest BCUT2D eigenvalue weighted by molar-refractivity contribution is 14.1. The number of carbonyl (C=O) groups is 2. The highest BCUT2D eigenvalue weighted by Crippen LogP contribution is 2.20. The molecule has 0 saturated heterocycles. The number of aliphatic hydroxyl groups is 1. The highest BCUT2D eigenvalue weighted by atomic mass is 127. The molecule has 1 heterocycles. The summed E-state index contributed by atoms with van der Waals surface area (Å²) in [5.41, 5.74) is 0.630. The van der Waals surface area contributed by atoms with E-state index in [-0.39, 0.29) is 24.7 Å². The van der Waals surface area contributed by atoms with Gasteiger partial charge in [-0.2, -0.15) is 0 Å². The SMILES string of the molecule is O=C1C=C(Nc2ccc(F)c(I)c2)C(=O)N1CCO. The second-order valence-electron chi connectivity index (χ2n) is 3.83. The number of nitrogens with zero attached hydrogens (tertiary/aromatic N) is 1. The summed E-state index contributed by atoms with van der Waals surface area (Å²) >= 11 is 1.83. The van der Waals surface area contributed by atoms with Crippen molar-refractivity contribution < 1.29 is 19.1 Å². The quantitative estimate of drug-likeness (QED) is 0.610. The normalized spacial score (nSPS) is 14.9. The monoisotopic (exact) mass is 376 g/mol. The van der Waals surface area contributed by atoms with Crippen LogP contribution < -0.4 is 5.32 Å². The Morgan fingerprint density at radius 3 is 2.74 bits per heavy atom. The van der Waals surface area contributed by atoms with Crippen molar-refractivity contribution in [2.45, 2.75) is 0 Å². The Morgan fingerprint density at radius 1 is 1.37 bits per heavy atom. The Labute approximate surface area is 122 Å². The lowest BCUT2D eigenvalue weighted by Gasteiger charge is -2.13. The highest BCUT2D eigenvalue weighted by Gasteiger charge is 2.30. The first kappa shape index (κ1) is 13.9. The summed E-state index contributed by atoms with van der Waals surface area (Å²) < 4.78 is 13.5. The first-order chi connectivity index (χ1) is 9.02. The number of amides is 2. The summed E-state index contributed by atoms with van der Waals surface area (Å²) in [5.74, 6) is -1.33. The Kier molecular flexibility index (Phi) is 4.15. The third-order valence-corrected chi connectivity index (χ3v) is 3.36. The first-order valence-electron chi connectivity index (χ1n) is 5.43. The minimum Gasteiger partial charge on any atom is -0.395 e. The molecule has 0 aromatic heterocycles. The van der Waals surface area contributed by atoms with Crippen LogP contribution in [0.4, 0.5) is 10.1 Å². The van der Waals surface area contributed by atoms with E-state index in [1.807, 2.05) is 22.6 Å². The number of hydrogen-bond acceptors (Lipinski definition) is 4. The van der Waals surface area contributed by atoms with Crippen LogP contribution in [0.2, 0.25) is 0 Å². The van der Waals surface area contributed by atoms with Gasteiger partial charge in [0.1, 0.15) is 11.5 Å². The van der Waals surface area contributed by atoms with Crippen LogP contribution >= 0.6 is 22.6 Å². The maximum atomic E-state index is 13.1. The number of β-amino-alcohol motifs (C(OH)–C–C–N with tert-alkyl or cyclic N) is 1. The lowest BCUT2D eigenvalue weighted by molar-refractivity contribution is -0.137. The van der Waals surface area contributed by atoms with Crippen LogP contribution in [0, 0.1) is 9.39 Å². The van der Waals surface area contributed by atoms with Crippen molar-refractivity contribution in [1.29, 1.82) is 0 Å². The molecule has 2 N–H and O–H groups in total. The van der Waals surface area contributed by atoms with Gasteiger partial charge < -0.3 is 10.4 Å². The van der Waals surface area contributed by atoms with E-state index < -0.39 is 11.8 Å². The summed E-state index contributed by atoms with van der Waals surface area (Å²) in [6.07, 6.45) is 1.16. The molecule has 1 aromatic rings. The minimum absolute atomic E-state index is 0.0414.